The van der Waals surface area contributed by atoms with Crippen LogP contribution in [0.2, 0.25) is 0 Å². The highest BCUT2D eigenvalue weighted by molar-refractivity contribution is 7.13. The highest BCUT2D eigenvalue weighted by Crippen LogP contribution is 2.38. The fourth-order valence-corrected chi connectivity index (χ4v) is 4.62. The summed E-state index contributed by atoms with van der Waals surface area (Å²) in [6.07, 6.45) is 3.57. The van der Waals surface area contributed by atoms with Crippen molar-refractivity contribution < 1.29 is 18.0 Å². The number of carbonyl (C=O) groups excluding carboxylic acids is 1. The van der Waals surface area contributed by atoms with Crippen molar-refractivity contribution in [3.8, 4) is 0 Å². The van der Waals surface area contributed by atoms with Crippen LogP contribution in [0.1, 0.15) is 51.7 Å². The Morgan fingerprint density at radius 2 is 2.20 bits per heavy atom. The number of imidazole rings is 1. The van der Waals surface area contributed by atoms with Crippen LogP contribution in [0.4, 0.5) is 8.78 Å². The molecular formula is C21H18F2N4O2S. The molecule has 30 heavy (non-hydrogen) atoms. The van der Waals surface area contributed by atoms with E-state index in [1.807, 2.05) is 0 Å². The molecule has 6 nitrogen and oxygen atoms in total. The zero-order chi connectivity index (χ0) is 21.0. The van der Waals surface area contributed by atoms with Crippen molar-refractivity contribution in [2.24, 2.45) is 0 Å². The number of aromatic nitrogens is 3. The Balaban J connectivity index is 1.59. The smallest absolute Gasteiger partial charge is 0.266 e. The minimum Gasteiger partial charge on any atom is -0.458 e. The molecule has 0 aliphatic carbocycles. The first kappa shape index (κ1) is 18.9. The van der Waals surface area contributed by atoms with Crippen molar-refractivity contribution in [2.75, 3.05) is 6.54 Å². The lowest BCUT2D eigenvalue weighted by Crippen LogP contribution is -2.40. The van der Waals surface area contributed by atoms with E-state index in [1.54, 1.807) is 29.4 Å². The summed E-state index contributed by atoms with van der Waals surface area (Å²) in [7, 11) is 0. The number of hydrogen-bond donors (Lipinski definition) is 1. The van der Waals surface area contributed by atoms with Gasteiger partial charge in [0.1, 0.15) is 33.1 Å². The molecule has 0 saturated carbocycles. The fraction of sp³-hybridized carbons (Fsp3) is 0.286. The largest absolute Gasteiger partial charge is 0.458 e. The predicted octanol–water partition coefficient (Wildman–Crippen LogP) is 4.74. The van der Waals surface area contributed by atoms with Gasteiger partial charge in [-0.2, -0.15) is 0 Å². The third kappa shape index (κ3) is 3.00. The second kappa shape index (κ2) is 6.73. The lowest BCUT2D eigenvalue weighted by Gasteiger charge is -2.33. The highest BCUT2D eigenvalue weighted by Gasteiger charge is 2.38. The number of nitrogens with zero attached hydrogens (tertiary/aromatic N) is 3. The molecule has 0 radical (unpaired) electrons. The van der Waals surface area contributed by atoms with E-state index in [1.165, 1.54) is 26.1 Å². The van der Waals surface area contributed by atoms with E-state index in [-0.39, 0.29) is 10.9 Å². The van der Waals surface area contributed by atoms with Gasteiger partial charge >= 0.3 is 0 Å². The lowest BCUT2D eigenvalue weighted by atomic mass is 10.00. The number of halogens is 2. The fourth-order valence-electron chi connectivity index (χ4n) is 3.75. The van der Waals surface area contributed by atoms with E-state index >= 15 is 0 Å². The summed E-state index contributed by atoms with van der Waals surface area (Å²) in [6, 6.07) is 5.61. The first-order valence-corrected chi connectivity index (χ1v) is 10.3. The second-order valence-electron chi connectivity index (χ2n) is 7.72. The van der Waals surface area contributed by atoms with Gasteiger partial charge in [0, 0.05) is 18.7 Å². The van der Waals surface area contributed by atoms with Crippen LogP contribution in [0.3, 0.4) is 0 Å². The van der Waals surface area contributed by atoms with Crippen LogP contribution in [0.5, 0.6) is 0 Å². The van der Waals surface area contributed by atoms with Crippen LogP contribution in [-0.4, -0.2) is 32.3 Å². The second-order valence-corrected chi connectivity index (χ2v) is 8.75. The number of aromatic amines is 1. The Labute approximate surface area is 174 Å². The van der Waals surface area contributed by atoms with Crippen LogP contribution in [-0.2, 0) is 12.1 Å². The van der Waals surface area contributed by atoms with Gasteiger partial charge in [0.2, 0.25) is 0 Å². The molecule has 1 atom stereocenters. The number of alkyl halides is 1. The molecule has 4 heterocycles. The van der Waals surface area contributed by atoms with Crippen LogP contribution in [0.25, 0.3) is 11.0 Å². The number of fused-ring (bicyclic) bond motifs is 2. The summed E-state index contributed by atoms with van der Waals surface area (Å²) in [4.78, 5) is 26.9. The van der Waals surface area contributed by atoms with Gasteiger partial charge in [0.15, 0.2) is 5.67 Å². The molecule has 0 fully saturated rings. The van der Waals surface area contributed by atoms with E-state index in [0.29, 0.717) is 40.3 Å². The van der Waals surface area contributed by atoms with Crippen LogP contribution in [0, 0.1) is 5.82 Å². The summed E-state index contributed by atoms with van der Waals surface area (Å²) in [5, 5.41) is 0.590. The number of hydrogen-bond acceptors (Lipinski definition) is 5. The number of H-pyrrole nitrogens is 1. The minimum absolute atomic E-state index is 0.241. The normalized spacial score (nSPS) is 16.8. The Morgan fingerprint density at radius 1 is 1.37 bits per heavy atom. The summed E-state index contributed by atoms with van der Waals surface area (Å²) in [5.74, 6) is -0.259. The molecule has 1 aromatic carbocycles. The summed E-state index contributed by atoms with van der Waals surface area (Å²) < 4.78 is 34.4. The van der Waals surface area contributed by atoms with Crippen LogP contribution < -0.4 is 0 Å². The van der Waals surface area contributed by atoms with Gasteiger partial charge in [-0.25, -0.2) is 18.7 Å². The molecule has 1 aliphatic heterocycles. The molecule has 1 aliphatic rings. The molecule has 1 N–H and O–H groups in total. The van der Waals surface area contributed by atoms with E-state index < -0.39 is 17.5 Å². The van der Waals surface area contributed by atoms with Crippen molar-refractivity contribution in [3.63, 3.8) is 0 Å². The molecule has 9 heteroatoms. The molecule has 1 amide bonds. The Hall–Kier alpha value is -3.07. The molecule has 0 spiro atoms. The zero-order valence-electron chi connectivity index (χ0n) is 16.3. The summed E-state index contributed by atoms with van der Waals surface area (Å²) in [5.41, 5.74) is 0.333. The minimum atomic E-state index is -1.63. The van der Waals surface area contributed by atoms with E-state index in [9.17, 15) is 13.6 Å². The average Bonchev–Trinajstić information content (AvgIpc) is 3.44. The van der Waals surface area contributed by atoms with Crippen LogP contribution >= 0.6 is 11.3 Å². The molecule has 3 aromatic heterocycles. The maximum atomic E-state index is 14.3. The molecule has 154 valence electrons. The lowest BCUT2D eigenvalue weighted by molar-refractivity contribution is 0.0677. The van der Waals surface area contributed by atoms with Gasteiger partial charge < -0.3 is 14.3 Å². The Bertz CT molecular complexity index is 1250. The maximum Gasteiger partial charge on any atom is 0.266 e. The quantitative estimate of drug-likeness (QED) is 0.511. The zero-order valence-corrected chi connectivity index (χ0v) is 17.1. The molecule has 4 aromatic rings. The molecule has 5 rings (SSSR count). The number of benzene rings is 1. The molecular weight excluding hydrogens is 410 g/mol. The van der Waals surface area contributed by atoms with E-state index in [0.717, 1.165) is 17.0 Å². The van der Waals surface area contributed by atoms with Crippen molar-refractivity contribution >= 4 is 28.2 Å². The monoisotopic (exact) mass is 428 g/mol. The Morgan fingerprint density at radius 3 is 2.93 bits per heavy atom. The third-order valence-corrected chi connectivity index (χ3v) is 6.49. The first-order valence-electron chi connectivity index (χ1n) is 9.49. The molecule has 0 unspecified atom stereocenters. The molecule has 0 bridgehead atoms. The van der Waals surface area contributed by atoms with Crippen LogP contribution in [0.15, 0.2) is 41.2 Å². The van der Waals surface area contributed by atoms with Gasteiger partial charge in [-0.1, -0.05) is 6.07 Å². The number of nitrogens with one attached hydrogen (secondary N) is 1. The van der Waals surface area contributed by atoms with E-state index in [2.05, 4.69) is 15.0 Å². The Kier molecular flexibility index (Phi) is 4.25. The van der Waals surface area contributed by atoms with Gasteiger partial charge in [-0.3, -0.25) is 4.79 Å². The summed E-state index contributed by atoms with van der Waals surface area (Å²) in [6.45, 7) is 3.22. The maximum absolute atomic E-state index is 14.3. The SMILES string of the molecule is CC(C)(F)c1ncc(C(=O)N2CCc3[nH]cnc3[C@H]2c2cc3c(F)cccc3o2)s1. The average molecular weight is 428 g/mol. The standard InChI is InChI=1S/C21H18F2N4O2S/c1-21(2,23)20-24-9-16(30-20)19(28)27-7-6-13-17(26-10-25-13)18(27)15-8-11-12(22)4-3-5-14(11)29-15/h3-5,8-10,18H,6-7H2,1-2H3,(H,25,26)/t18-/m1/s1. The third-order valence-electron chi connectivity index (χ3n) is 5.21. The summed E-state index contributed by atoms with van der Waals surface area (Å²) >= 11 is 1.03. The first-order chi connectivity index (χ1) is 14.3. The topological polar surface area (TPSA) is 75.0 Å². The van der Waals surface area contributed by atoms with Gasteiger partial charge in [0.25, 0.3) is 5.91 Å². The van der Waals surface area contributed by atoms with Gasteiger partial charge in [0.05, 0.1) is 23.6 Å². The van der Waals surface area contributed by atoms with Gasteiger partial charge in [-0.05, 0) is 32.0 Å². The van der Waals surface area contributed by atoms with Gasteiger partial charge in [-0.15, -0.1) is 11.3 Å². The number of rotatable bonds is 3. The molecule has 0 saturated heterocycles. The number of amides is 1. The van der Waals surface area contributed by atoms with Crippen molar-refractivity contribution in [1.29, 1.82) is 0 Å². The van der Waals surface area contributed by atoms with Crippen molar-refractivity contribution in [3.05, 3.63) is 69.6 Å². The van der Waals surface area contributed by atoms with E-state index in [4.69, 9.17) is 4.42 Å². The predicted molar refractivity (Wildman–Crippen MR) is 108 cm³/mol. The van der Waals surface area contributed by atoms with Crippen molar-refractivity contribution in [2.45, 2.75) is 32.0 Å². The highest BCUT2D eigenvalue weighted by atomic mass is 32.1. The number of furan rings is 1. The van der Waals surface area contributed by atoms with Crippen molar-refractivity contribution in [1.82, 2.24) is 19.9 Å². The number of thiazole rings is 1. The number of carbonyl (C=O) groups is 1.